The van der Waals surface area contributed by atoms with E-state index in [1.165, 1.54) is 32.7 Å². The summed E-state index contributed by atoms with van der Waals surface area (Å²) in [5.74, 6) is 0. The lowest BCUT2D eigenvalue weighted by Crippen LogP contribution is -3.00. The van der Waals surface area contributed by atoms with Gasteiger partial charge in [-0.15, -0.1) is 0 Å². The normalized spacial score (nSPS) is 14.5. The number of aromatic nitrogens is 1. The van der Waals surface area contributed by atoms with Crippen molar-refractivity contribution in [3.8, 4) is 0 Å². The van der Waals surface area contributed by atoms with E-state index in [9.17, 15) is 5.11 Å². The SMILES string of the molecule is CC[n+]1c(/C=C2\Sc3cc(C)ccc3N2CCO)ccc2ccccc21.[I-]. The van der Waals surface area contributed by atoms with E-state index in [-0.39, 0.29) is 30.6 Å². The summed E-state index contributed by atoms with van der Waals surface area (Å²) in [4.78, 5) is 3.47. The molecule has 2 aromatic carbocycles. The molecule has 1 aromatic heterocycles. The van der Waals surface area contributed by atoms with E-state index < -0.39 is 0 Å². The Morgan fingerprint density at radius 1 is 1.11 bits per heavy atom. The van der Waals surface area contributed by atoms with Gasteiger partial charge in [-0.1, -0.05) is 30.0 Å². The molecule has 3 aromatic rings. The van der Waals surface area contributed by atoms with Gasteiger partial charge in [-0.2, -0.15) is 4.57 Å². The molecule has 140 valence electrons. The zero-order valence-electron chi connectivity index (χ0n) is 15.5. The highest BCUT2D eigenvalue weighted by Crippen LogP contribution is 2.46. The van der Waals surface area contributed by atoms with Crippen molar-refractivity contribution < 1.29 is 33.7 Å². The second-order valence-electron chi connectivity index (χ2n) is 6.49. The Bertz CT molecular complexity index is 1000. The number of aryl methyl sites for hydroxylation is 2. The molecule has 0 radical (unpaired) electrons. The molecule has 1 N–H and O–H groups in total. The highest BCUT2D eigenvalue weighted by atomic mass is 127. The number of benzene rings is 2. The molecule has 0 unspecified atom stereocenters. The van der Waals surface area contributed by atoms with E-state index in [0.717, 1.165) is 11.6 Å². The predicted octanol–water partition coefficient (Wildman–Crippen LogP) is 1.36. The summed E-state index contributed by atoms with van der Waals surface area (Å²) in [6.07, 6.45) is 2.24. The first kappa shape index (κ1) is 20.2. The van der Waals surface area contributed by atoms with Gasteiger partial charge in [0.15, 0.2) is 0 Å². The lowest BCUT2D eigenvalue weighted by Gasteiger charge is -2.19. The molecule has 1 aliphatic rings. The van der Waals surface area contributed by atoms with Crippen LogP contribution in [0.2, 0.25) is 0 Å². The number of hydrogen-bond donors (Lipinski definition) is 1. The summed E-state index contributed by atoms with van der Waals surface area (Å²) >= 11 is 1.78. The number of halogens is 1. The summed E-state index contributed by atoms with van der Waals surface area (Å²) in [5, 5.41) is 12.0. The van der Waals surface area contributed by atoms with Crippen LogP contribution in [0.15, 0.2) is 64.5 Å². The van der Waals surface area contributed by atoms with E-state index in [1.807, 2.05) is 0 Å². The minimum atomic E-state index is 0. The largest absolute Gasteiger partial charge is 1.00 e. The van der Waals surface area contributed by atoms with Crippen LogP contribution in [-0.2, 0) is 6.54 Å². The van der Waals surface area contributed by atoms with Crippen LogP contribution >= 0.6 is 11.8 Å². The molecule has 2 heterocycles. The third-order valence-corrected chi connectivity index (χ3v) is 5.87. The summed E-state index contributed by atoms with van der Waals surface area (Å²) in [5.41, 5.74) is 4.87. The smallest absolute Gasteiger partial charge is 0.212 e. The predicted molar refractivity (Wildman–Crippen MR) is 109 cm³/mol. The summed E-state index contributed by atoms with van der Waals surface area (Å²) in [7, 11) is 0. The van der Waals surface area contributed by atoms with Gasteiger partial charge < -0.3 is 34.0 Å². The summed E-state index contributed by atoms with van der Waals surface area (Å²) in [6, 6.07) is 19.4. The number of aliphatic hydroxyl groups is 1. The molecule has 0 spiro atoms. The fourth-order valence-electron chi connectivity index (χ4n) is 3.53. The van der Waals surface area contributed by atoms with Crippen LogP contribution in [0, 0.1) is 6.92 Å². The van der Waals surface area contributed by atoms with Gasteiger partial charge in [-0.25, -0.2) is 0 Å². The molecular weight excluding hydrogens is 467 g/mol. The molecule has 5 heteroatoms. The molecule has 0 aliphatic carbocycles. The molecule has 0 bridgehead atoms. The van der Waals surface area contributed by atoms with Crippen LogP contribution in [0.3, 0.4) is 0 Å². The minimum absolute atomic E-state index is 0. The Morgan fingerprint density at radius 3 is 2.70 bits per heavy atom. The number of anilines is 1. The maximum atomic E-state index is 9.55. The second kappa shape index (κ2) is 8.63. The summed E-state index contributed by atoms with van der Waals surface area (Å²) < 4.78 is 2.34. The Morgan fingerprint density at radius 2 is 1.93 bits per heavy atom. The fourth-order valence-corrected chi connectivity index (χ4v) is 4.77. The Labute approximate surface area is 181 Å². The average Bonchev–Trinajstić information content (AvgIpc) is 2.98. The lowest BCUT2D eigenvalue weighted by atomic mass is 10.2. The zero-order valence-corrected chi connectivity index (χ0v) is 18.5. The Balaban J connectivity index is 0.00000210. The van der Waals surface area contributed by atoms with Gasteiger partial charge in [0.05, 0.1) is 17.3 Å². The molecule has 4 rings (SSSR count). The van der Waals surface area contributed by atoms with Crippen LogP contribution < -0.4 is 33.4 Å². The molecule has 0 amide bonds. The molecule has 0 saturated carbocycles. The third kappa shape index (κ3) is 3.86. The molecule has 27 heavy (non-hydrogen) atoms. The van der Waals surface area contributed by atoms with Crippen LogP contribution in [0.1, 0.15) is 18.2 Å². The quantitative estimate of drug-likeness (QED) is 0.443. The van der Waals surface area contributed by atoms with Crippen LogP contribution in [-0.4, -0.2) is 18.3 Å². The molecule has 0 atom stereocenters. The Hall–Kier alpha value is -1.57. The van der Waals surface area contributed by atoms with Crippen LogP contribution in [0.4, 0.5) is 5.69 Å². The maximum Gasteiger partial charge on any atom is 0.212 e. The van der Waals surface area contributed by atoms with Gasteiger partial charge in [0, 0.05) is 35.0 Å². The van der Waals surface area contributed by atoms with Crippen molar-refractivity contribution in [2.45, 2.75) is 25.3 Å². The number of β-amino-alcohol motifs (C(OH)–C–C–N with tert-alkyl or cyclic N) is 1. The number of pyridine rings is 1. The number of para-hydroxylation sites is 1. The molecular formula is C22H23IN2OS. The van der Waals surface area contributed by atoms with Crippen molar-refractivity contribution in [1.29, 1.82) is 0 Å². The molecule has 3 nitrogen and oxygen atoms in total. The number of aliphatic hydroxyl groups excluding tert-OH is 1. The van der Waals surface area contributed by atoms with Crippen molar-refractivity contribution in [2.24, 2.45) is 0 Å². The number of fused-ring (bicyclic) bond motifs is 2. The van der Waals surface area contributed by atoms with Gasteiger partial charge in [0.2, 0.25) is 11.2 Å². The fraction of sp³-hybridized carbons (Fsp3) is 0.227. The minimum Gasteiger partial charge on any atom is -1.00 e. The van der Waals surface area contributed by atoms with Crippen LogP contribution in [0.5, 0.6) is 0 Å². The van der Waals surface area contributed by atoms with Crippen molar-refractivity contribution in [1.82, 2.24) is 0 Å². The zero-order chi connectivity index (χ0) is 18.1. The third-order valence-electron chi connectivity index (χ3n) is 4.77. The van der Waals surface area contributed by atoms with Gasteiger partial charge in [0.25, 0.3) is 0 Å². The highest BCUT2D eigenvalue weighted by molar-refractivity contribution is 8.03. The monoisotopic (exact) mass is 490 g/mol. The number of nitrogens with zero attached hydrogens (tertiary/aromatic N) is 2. The van der Waals surface area contributed by atoms with Gasteiger partial charge in [-0.3, -0.25) is 0 Å². The Kier molecular flexibility index (Phi) is 6.44. The number of hydrogen-bond acceptors (Lipinski definition) is 3. The first-order valence-electron chi connectivity index (χ1n) is 9.01. The van der Waals surface area contributed by atoms with Gasteiger partial charge >= 0.3 is 0 Å². The first-order valence-corrected chi connectivity index (χ1v) is 9.83. The van der Waals surface area contributed by atoms with Crippen molar-refractivity contribution >= 4 is 34.4 Å². The van der Waals surface area contributed by atoms with Crippen molar-refractivity contribution in [2.75, 3.05) is 18.1 Å². The average molecular weight is 490 g/mol. The van der Waals surface area contributed by atoms with E-state index in [1.54, 1.807) is 11.8 Å². The number of rotatable bonds is 4. The number of thioether (sulfide) groups is 1. The van der Waals surface area contributed by atoms with Gasteiger partial charge in [0.1, 0.15) is 6.54 Å². The standard InChI is InChI=1S/C22H23N2OS.HI/c1-3-23-18(10-9-17-6-4-5-7-19(17)23)15-22-24(12-13-25)20-11-8-16(2)14-21(20)26-22;/h4-11,14-15,25H,3,12-13H2,1-2H3;1H/q+1;/p-1. The van der Waals surface area contributed by atoms with E-state index in [0.29, 0.717) is 6.54 Å². The van der Waals surface area contributed by atoms with E-state index in [4.69, 9.17) is 0 Å². The maximum absolute atomic E-state index is 9.55. The van der Waals surface area contributed by atoms with Crippen molar-refractivity contribution in [3.05, 3.63) is 70.9 Å². The molecule has 0 fully saturated rings. The van der Waals surface area contributed by atoms with E-state index >= 15 is 0 Å². The lowest BCUT2D eigenvalue weighted by molar-refractivity contribution is -0.669. The van der Waals surface area contributed by atoms with Crippen LogP contribution in [0.25, 0.3) is 17.0 Å². The molecule has 0 saturated heterocycles. The van der Waals surface area contributed by atoms with E-state index in [2.05, 4.69) is 84.0 Å². The molecule has 1 aliphatic heterocycles. The first-order chi connectivity index (χ1) is 12.7. The summed E-state index contributed by atoms with van der Waals surface area (Å²) in [6.45, 7) is 5.95. The van der Waals surface area contributed by atoms with Gasteiger partial charge in [-0.05, 0) is 43.7 Å². The second-order valence-corrected chi connectivity index (χ2v) is 7.55. The topological polar surface area (TPSA) is 27.4 Å². The highest BCUT2D eigenvalue weighted by Gasteiger charge is 2.26. The van der Waals surface area contributed by atoms with Crippen molar-refractivity contribution in [3.63, 3.8) is 0 Å².